The Hall–Kier alpha value is -2.74. The largest absolute Gasteiger partial charge is 0.494 e. The van der Waals surface area contributed by atoms with Crippen molar-refractivity contribution in [2.75, 3.05) is 17.5 Å². The van der Waals surface area contributed by atoms with Gasteiger partial charge in [0.25, 0.3) is 10.0 Å². The van der Waals surface area contributed by atoms with Crippen molar-refractivity contribution < 1.29 is 27.8 Å². The number of carboxylic acid groups (broad SMARTS) is 1. The quantitative estimate of drug-likeness (QED) is 0.703. The Bertz CT molecular complexity index is 860. The first kappa shape index (κ1) is 20.6. The molecule has 0 saturated heterocycles. The SMILES string of the molecule is CCOc1ccc(S(=O)(=O)N(CC(=O)O)c2ccc(OC(C)C)cc2)cc1. The van der Waals surface area contributed by atoms with Crippen LogP contribution in [0.15, 0.2) is 53.4 Å². The number of aliphatic carboxylic acids is 1. The monoisotopic (exact) mass is 393 g/mol. The molecular formula is C19H23NO6S. The maximum Gasteiger partial charge on any atom is 0.324 e. The zero-order chi connectivity index (χ0) is 20.0. The maximum atomic E-state index is 13.0. The normalized spacial score (nSPS) is 11.3. The molecule has 0 radical (unpaired) electrons. The topological polar surface area (TPSA) is 93.1 Å². The third kappa shape index (κ3) is 5.37. The van der Waals surface area contributed by atoms with Gasteiger partial charge in [0.05, 0.1) is 23.3 Å². The van der Waals surface area contributed by atoms with Crippen LogP contribution in [0.1, 0.15) is 20.8 Å². The number of hydrogen-bond donors (Lipinski definition) is 1. The van der Waals surface area contributed by atoms with E-state index in [4.69, 9.17) is 9.47 Å². The zero-order valence-electron chi connectivity index (χ0n) is 15.5. The number of hydrogen-bond acceptors (Lipinski definition) is 5. The molecule has 2 rings (SSSR count). The van der Waals surface area contributed by atoms with Crippen molar-refractivity contribution in [2.45, 2.75) is 31.8 Å². The Balaban J connectivity index is 2.37. The Morgan fingerprint density at radius 2 is 1.59 bits per heavy atom. The molecule has 0 aliphatic carbocycles. The van der Waals surface area contributed by atoms with Crippen molar-refractivity contribution in [2.24, 2.45) is 0 Å². The van der Waals surface area contributed by atoms with E-state index >= 15 is 0 Å². The second-order valence-electron chi connectivity index (χ2n) is 5.97. The van der Waals surface area contributed by atoms with Gasteiger partial charge in [-0.25, -0.2) is 8.42 Å². The molecule has 1 N–H and O–H groups in total. The molecule has 2 aromatic rings. The highest BCUT2D eigenvalue weighted by Crippen LogP contribution is 2.27. The third-order valence-electron chi connectivity index (χ3n) is 3.50. The summed E-state index contributed by atoms with van der Waals surface area (Å²) in [6.45, 7) is 5.34. The number of rotatable bonds is 9. The minimum absolute atomic E-state index is 0.0188. The van der Waals surface area contributed by atoms with Crippen LogP contribution in [0.5, 0.6) is 11.5 Å². The van der Waals surface area contributed by atoms with Gasteiger partial charge >= 0.3 is 5.97 Å². The molecule has 0 aromatic heterocycles. The van der Waals surface area contributed by atoms with E-state index in [0.29, 0.717) is 18.1 Å². The highest BCUT2D eigenvalue weighted by Gasteiger charge is 2.27. The summed E-state index contributed by atoms with van der Waals surface area (Å²) < 4.78 is 37.7. The van der Waals surface area contributed by atoms with Gasteiger partial charge in [-0.15, -0.1) is 0 Å². The number of nitrogens with zero attached hydrogens (tertiary/aromatic N) is 1. The average molecular weight is 393 g/mol. The van der Waals surface area contributed by atoms with Gasteiger partial charge in [-0.05, 0) is 69.3 Å². The molecule has 0 unspecified atom stereocenters. The van der Waals surface area contributed by atoms with Gasteiger partial charge < -0.3 is 14.6 Å². The molecule has 0 fully saturated rings. The lowest BCUT2D eigenvalue weighted by molar-refractivity contribution is -0.135. The highest BCUT2D eigenvalue weighted by atomic mass is 32.2. The zero-order valence-corrected chi connectivity index (χ0v) is 16.3. The predicted molar refractivity (Wildman–Crippen MR) is 102 cm³/mol. The fraction of sp³-hybridized carbons (Fsp3) is 0.316. The van der Waals surface area contributed by atoms with Crippen LogP contribution in [0, 0.1) is 0 Å². The Morgan fingerprint density at radius 3 is 2.07 bits per heavy atom. The summed E-state index contributed by atoms with van der Waals surface area (Å²) in [6.07, 6.45) is -0.0291. The first-order chi connectivity index (χ1) is 12.7. The first-order valence-corrected chi connectivity index (χ1v) is 9.92. The molecule has 8 heteroatoms. The molecule has 0 atom stereocenters. The fourth-order valence-electron chi connectivity index (χ4n) is 2.40. The second kappa shape index (κ2) is 8.77. The Labute approximate surface area is 159 Å². The Morgan fingerprint density at radius 1 is 1.04 bits per heavy atom. The van der Waals surface area contributed by atoms with Gasteiger partial charge in [0.2, 0.25) is 0 Å². The van der Waals surface area contributed by atoms with Crippen LogP contribution in [0.25, 0.3) is 0 Å². The number of carboxylic acids is 1. The molecular weight excluding hydrogens is 370 g/mol. The lowest BCUT2D eigenvalue weighted by Gasteiger charge is -2.23. The van der Waals surface area contributed by atoms with E-state index in [2.05, 4.69) is 0 Å². The third-order valence-corrected chi connectivity index (χ3v) is 5.29. The van der Waals surface area contributed by atoms with Crippen LogP contribution in [0.3, 0.4) is 0 Å². The smallest absolute Gasteiger partial charge is 0.324 e. The molecule has 146 valence electrons. The predicted octanol–water partition coefficient (Wildman–Crippen LogP) is 3.15. The minimum Gasteiger partial charge on any atom is -0.494 e. The van der Waals surface area contributed by atoms with Crippen molar-refractivity contribution in [1.29, 1.82) is 0 Å². The summed E-state index contributed by atoms with van der Waals surface area (Å²) in [6, 6.07) is 12.1. The molecule has 0 spiro atoms. The summed E-state index contributed by atoms with van der Waals surface area (Å²) in [4.78, 5) is 11.2. The van der Waals surface area contributed by atoms with Crippen LogP contribution in [0.2, 0.25) is 0 Å². The second-order valence-corrected chi connectivity index (χ2v) is 7.83. The van der Waals surface area contributed by atoms with Gasteiger partial charge in [0.1, 0.15) is 18.0 Å². The molecule has 0 aliphatic rings. The number of sulfonamides is 1. The maximum absolute atomic E-state index is 13.0. The molecule has 0 saturated carbocycles. The summed E-state index contributed by atoms with van der Waals surface area (Å²) >= 11 is 0. The lowest BCUT2D eigenvalue weighted by atomic mass is 10.3. The van der Waals surface area contributed by atoms with Crippen LogP contribution < -0.4 is 13.8 Å². The molecule has 0 aliphatic heterocycles. The van der Waals surface area contributed by atoms with Gasteiger partial charge in [0, 0.05) is 0 Å². The fourth-order valence-corrected chi connectivity index (χ4v) is 3.82. The van der Waals surface area contributed by atoms with Gasteiger partial charge in [0.15, 0.2) is 0 Å². The minimum atomic E-state index is -4.06. The summed E-state index contributed by atoms with van der Waals surface area (Å²) in [7, 11) is -4.06. The van der Waals surface area contributed by atoms with E-state index in [-0.39, 0.29) is 16.7 Å². The van der Waals surface area contributed by atoms with E-state index in [1.165, 1.54) is 36.4 Å². The van der Waals surface area contributed by atoms with Gasteiger partial charge in [-0.1, -0.05) is 0 Å². The van der Waals surface area contributed by atoms with Crippen LogP contribution >= 0.6 is 0 Å². The van der Waals surface area contributed by atoms with E-state index in [1.54, 1.807) is 12.1 Å². The number of carbonyl (C=O) groups is 1. The van der Waals surface area contributed by atoms with E-state index in [1.807, 2.05) is 20.8 Å². The van der Waals surface area contributed by atoms with Crippen LogP contribution in [-0.4, -0.2) is 38.7 Å². The number of ether oxygens (including phenoxy) is 2. The molecule has 27 heavy (non-hydrogen) atoms. The van der Waals surface area contributed by atoms with Crippen molar-refractivity contribution in [3.63, 3.8) is 0 Å². The standard InChI is InChI=1S/C19H23NO6S/c1-4-25-16-9-11-18(12-10-16)27(23,24)20(13-19(21)22)15-5-7-17(8-6-15)26-14(2)3/h5-12,14H,4,13H2,1-3H3,(H,21,22). The van der Waals surface area contributed by atoms with Gasteiger partial charge in [-0.3, -0.25) is 9.10 Å². The highest BCUT2D eigenvalue weighted by molar-refractivity contribution is 7.92. The van der Waals surface area contributed by atoms with E-state index < -0.39 is 22.5 Å². The first-order valence-electron chi connectivity index (χ1n) is 8.48. The van der Waals surface area contributed by atoms with Crippen molar-refractivity contribution >= 4 is 21.7 Å². The molecule has 0 heterocycles. The Kier molecular flexibility index (Phi) is 6.68. The van der Waals surface area contributed by atoms with Crippen molar-refractivity contribution in [1.82, 2.24) is 0 Å². The van der Waals surface area contributed by atoms with E-state index in [9.17, 15) is 18.3 Å². The van der Waals surface area contributed by atoms with Crippen LogP contribution in [-0.2, 0) is 14.8 Å². The lowest BCUT2D eigenvalue weighted by Crippen LogP contribution is -2.35. The summed E-state index contributed by atoms with van der Waals surface area (Å²) in [5, 5.41) is 9.19. The van der Waals surface area contributed by atoms with Crippen molar-refractivity contribution in [3.05, 3.63) is 48.5 Å². The molecule has 0 bridgehead atoms. The average Bonchev–Trinajstić information content (AvgIpc) is 2.60. The molecule has 0 amide bonds. The molecule has 7 nitrogen and oxygen atoms in total. The summed E-state index contributed by atoms with van der Waals surface area (Å²) in [5.74, 6) is -0.147. The van der Waals surface area contributed by atoms with Gasteiger partial charge in [-0.2, -0.15) is 0 Å². The van der Waals surface area contributed by atoms with E-state index in [0.717, 1.165) is 4.31 Å². The molecule has 2 aromatic carbocycles. The summed E-state index contributed by atoms with van der Waals surface area (Å²) in [5.41, 5.74) is 0.238. The number of benzene rings is 2. The van der Waals surface area contributed by atoms with Crippen LogP contribution in [0.4, 0.5) is 5.69 Å². The number of anilines is 1. The van der Waals surface area contributed by atoms with Crippen molar-refractivity contribution in [3.8, 4) is 11.5 Å².